The van der Waals surface area contributed by atoms with Gasteiger partial charge in [-0.3, -0.25) is 9.36 Å². The van der Waals surface area contributed by atoms with E-state index < -0.39 is 0 Å². The third kappa shape index (κ3) is 4.46. The smallest absolute Gasteiger partial charge is 0.272 e. The molecule has 3 nitrogen and oxygen atoms in total. The van der Waals surface area contributed by atoms with Crippen molar-refractivity contribution in [2.45, 2.75) is 43.6 Å². The first-order chi connectivity index (χ1) is 13.9. The van der Waals surface area contributed by atoms with Crippen LogP contribution in [0.5, 0.6) is 0 Å². The highest BCUT2D eigenvalue weighted by Crippen LogP contribution is 2.27. The molecule has 0 bridgehead atoms. The summed E-state index contributed by atoms with van der Waals surface area (Å²) in [6.45, 7) is 7.20. The summed E-state index contributed by atoms with van der Waals surface area (Å²) < 4.78 is 2.53. The van der Waals surface area contributed by atoms with Gasteiger partial charge in [-0.2, -0.15) is 0 Å². The maximum Gasteiger partial charge on any atom is 0.272 e. The number of thiophene rings is 1. The third-order valence-electron chi connectivity index (χ3n) is 4.90. The zero-order valence-electron chi connectivity index (χ0n) is 16.9. The van der Waals surface area contributed by atoms with Gasteiger partial charge in [-0.05, 0) is 33.6 Å². The van der Waals surface area contributed by atoms with Crippen LogP contribution in [0.15, 0.2) is 76.0 Å². The average molecular weight is 421 g/mol. The van der Waals surface area contributed by atoms with E-state index in [1.807, 2.05) is 46.3 Å². The molecule has 0 saturated heterocycles. The average Bonchev–Trinajstić information content (AvgIpc) is 3.18. The van der Waals surface area contributed by atoms with Gasteiger partial charge in [0.05, 0.1) is 12.1 Å². The second-order valence-electron chi connectivity index (χ2n) is 8.14. The van der Waals surface area contributed by atoms with Gasteiger partial charge >= 0.3 is 0 Å². The number of fused-ring (bicyclic) bond motifs is 1. The molecule has 0 N–H and O–H groups in total. The van der Waals surface area contributed by atoms with Crippen molar-refractivity contribution in [3.8, 4) is 0 Å². The van der Waals surface area contributed by atoms with Gasteiger partial charge in [0.25, 0.3) is 5.56 Å². The van der Waals surface area contributed by atoms with Crippen LogP contribution in [0.25, 0.3) is 10.2 Å². The van der Waals surface area contributed by atoms with Crippen molar-refractivity contribution in [1.82, 2.24) is 9.55 Å². The Labute approximate surface area is 179 Å². The Morgan fingerprint density at radius 3 is 2.38 bits per heavy atom. The molecular formula is C24H24N2OS2. The maximum absolute atomic E-state index is 13.1. The standard InChI is InChI=1S/C24H24N2OS2/c1-24(2,3)19-11-9-18(10-12-19)16-29-23-25-20-13-14-28-21(20)22(27)26(23)15-17-7-5-4-6-8-17/h4-14H,15-16H2,1-3H3. The lowest BCUT2D eigenvalue weighted by Gasteiger charge is -2.19. The van der Waals surface area contributed by atoms with Gasteiger partial charge in [0.2, 0.25) is 0 Å². The van der Waals surface area contributed by atoms with Crippen molar-refractivity contribution in [2.75, 3.05) is 0 Å². The minimum atomic E-state index is 0.0411. The van der Waals surface area contributed by atoms with E-state index in [0.29, 0.717) is 6.54 Å². The van der Waals surface area contributed by atoms with Crippen LogP contribution < -0.4 is 5.56 Å². The summed E-state index contributed by atoms with van der Waals surface area (Å²) in [7, 11) is 0. The van der Waals surface area contributed by atoms with E-state index in [1.54, 1.807) is 11.8 Å². The van der Waals surface area contributed by atoms with Crippen molar-refractivity contribution >= 4 is 33.3 Å². The summed E-state index contributed by atoms with van der Waals surface area (Å²) in [5.74, 6) is 0.779. The number of thioether (sulfide) groups is 1. The van der Waals surface area contributed by atoms with Gasteiger partial charge in [0, 0.05) is 5.75 Å². The number of rotatable bonds is 5. The number of nitrogens with zero attached hydrogens (tertiary/aromatic N) is 2. The molecule has 0 saturated carbocycles. The molecule has 2 aromatic heterocycles. The van der Waals surface area contributed by atoms with Gasteiger partial charge in [0.15, 0.2) is 5.16 Å². The van der Waals surface area contributed by atoms with E-state index in [2.05, 4.69) is 45.0 Å². The van der Waals surface area contributed by atoms with E-state index in [4.69, 9.17) is 4.98 Å². The molecule has 0 aliphatic carbocycles. The molecule has 0 amide bonds. The number of hydrogen-bond acceptors (Lipinski definition) is 4. The SMILES string of the molecule is CC(C)(C)c1ccc(CSc2nc3ccsc3c(=O)n2Cc2ccccc2)cc1. The molecule has 148 valence electrons. The molecular weight excluding hydrogens is 396 g/mol. The Balaban J connectivity index is 1.64. The van der Waals surface area contributed by atoms with Crippen molar-refractivity contribution < 1.29 is 0 Å². The summed E-state index contributed by atoms with van der Waals surface area (Å²) in [5.41, 5.74) is 4.63. The quantitative estimate of drug-likeness (QED) is 0.289. The molecule has 4 aromatic rings. The summed E-state index contributed by atoms with van der Waals surface area (Å²) in [6, 6.07) is 20.8. The van der Waals surface area contributed by atoms with Gasteiger partial charge in [-0.1, -0.05) is 87.1 Å². The minimum Gasteiger partial charge on any atom is -0.282 e. The Kier molecular flexibility index (Phi) is 5.61. The first-order valence-corrected chi connectivity index (χ1v) is 11.5. The van der Waals surface area contributed by atoms with E-state index in [-0.39, 0.29) is 11.0 Å². The molecule has 2 aromatic carbocycles. The van der Waals surface area contributed by atoms with Gasteiger partial charge < -0.3 is 0 Å². The number of benzene rings is 2. The van der Waals surface area contributed by atoms with Crippen LogP contribution in [-0.4, -0.2) is 9.55 Å². The lowest BCUT2D eigenvalue weighted by Crippen LogP contribution is -2.23. The minimum absolute atomic E-state index is 0.0411. The van der Waals surface area contributed by atoms with Crippen LogP contribution in [-0.2, 0) is 17.7 Å². The Morgan fingerprint density at radius 1 is 0.966 bits per heavy atom. The zero-order chi connectivity index (χ0) is 20.4. The van der Waals surface area contributed by atoms with Crippen LogP contribution in [0.3, 0.4) is 0 Å². The molecule has 0 unspecified atom stereocenters. The molecule has 2 heterocycles. The lowest BCUT2D eigenvalue weighted by atomic mass is 9.87. The maximum atomic E-state index is 13.1. The lowest BCUT2D eigenvalue weighted by molar-refractivity contribution is 0.590. The van der Waals surface area contributed by atoms with Crippen LogP contribution >= 0.6 is 23.1 Å². The summed E-state index contributed by atoms with van der Waals surface area (Å²) in [6.07, 6.45) is 0. The first kappa shape index (κ1) is 19.9. The predicted octanol–water partition coefficient (Wildman–Crippen LogP) is 6.10. The fourth-order valence-electron chi connectivity index (χ4n) is 3.19. The molecule has 0 fully saturated rings. The zero-order valence-corrected chi connectivity index (χ0v) is 18.5. The molecule has 0 aliphatic rings. The van der Waals surface area contributed by atoms with Crippen molar-refractivity contribution in [3.63, 3.8) is 0 Å². The molecule has 5 heteroatoms. The largest absolute Gasteiger partial charge is 0.282 e. The van der Waals surface area contributed by atoms with Crippen LogP contribution in [0.1, 0.15) is 37.5 Å². The fraction of sp³-hybridized carbons (Fsp3) is 0.250. The molecule has 0 radical (unpaired) electrons. The van der Waals surface area contributed by atoms with E-state index in [1.165, 1.54) is 22.5 Å². The summed E-state index contributed by atoms with van der Waals surface area (Å²) in [5, 5.41) is 2.70. The Hall–Kier alpha value is -2.37. The number of aromatic nitrogens is 2. The topological polar surface area (TPSA) is 34.9 Å². The predicted molar refractivity (Wildman–Crippen MR) is 124 cm³/mol. The number of hydrogen-bond donors (Lipinski definition) is 0. The molecule has 0 spiro atoms. The van der Waals surface area contributed by atoms with Gasteiger partial charge in [-0.25, -0.2) is 4.98 Å². The summed E-state index contributed by atoms with van der Waals surface area (Å²) in [4.78, 5) is 17.9. The normalized spacial score (nSPS) is 11.8. The van der Waals surface area contributed by atoms with Crippen LogP contribution in [0, 0.1) is 0 Å². The summed E-state index contributed by atoms with van der Waals surface area (Å²) >= 11 is 3.08. The molecule has 0 aliphatic heterocycles. The van der Waals surface area contributed by atoms with Crippen LogP contribution in [0.4, 0.5) is 0 Å². The highest BCUT2D eigenvalue weighted by molar-refractivity contribution is 7.98. The van der Waals surface area contributed by atoms with Gasteiger partial charge in [0.1, 0.15) is 4.70 Å². The fourth-order valence-corrected chi connectivity index (χ4v) is 4.92. The molecule has 0 atom stereocenters. The first-order valence-electron chi connectivity index (χ1n) is 9.66. The Bertz CT molecular complexity index is 1170. The van der Waals surface area contributed by atoms with Crippen molar-refractivity contribution in [2.24, 2.45) is 0 Å². The Morgan fingerprint density at radius 2 is 1.69 bits per heavy atom. The highest BCUT2D eigenvalue weighted by atomic mass is 32.2. The van der Waals surface area contributed by atoms with E-state index >= 15 is 0 Å². The second kappa shape index (κ2) is 8.17. The molecule has 29 heavy (non-hydrogen) atoms. The van der Waals surface area contributed by atoms with E-state index in [9.17, 15) is 4.79 Å². The highest BCUT2D eigenvalue weighted by Gasteiger charge is 2.15. The van der Waals surface area contributed by atoms with E-state index in [0.717, 1.165) is 26.7 Å². The second-order valence-corrected chi connectivity index (χ2v) is 10.0. The third-order valence-corrected chi connectivity index (χ3v) is 6.84. The monoisotopic (exact) mass is 420 g/mol. The molecule has 4 rings (SSSR count). The van der Waals surface area contributed by atoms with Gasteiger partial charge in [-0.15, -0.1) is 11.3 Å². The van der Waals surface area contributed by atoms with Crippen molar-refractivity contribution in [3.05, 3.63) is 93.1 Å². The van der Waals surface area contributed by atoms with Crippen LogP contribution in [0.2, 0.25) is 0 Å². The van der Waals surface area contributed by atoms with Crippen molar-refractivity contribution in [1.29, 1.82) is 0 Å².